The SMILES string of the molecule is O=C(Cc1csc(-c2ccccn2)n1)NCC(Cl)Cl. The number of carbonyl (C=O) groups is 1. The molecular weight excluding hydrogens is 305 g/mol. The molecule has 19 heavy (non-hydrogen) atoms. The molecule has 0 saturated heterocycles. The highest BCUT2D eigenvalue weighted by Crippen LogP contribution is 2.21. The monoisotopic (exact) mass is 315 g/mol. The van der Waals surface area contributed by atoms with Crippen molar-refractivity contribution >= 4 is 40.4 Å². The predicted molar refractivity (Wildman–Crippen MR) is 77.6 cm³/mol. The molecule has 2 aromatic rings. The molecule has 0 radical (unpaired) electrons. The third kappa shape index (κ3) is 4.45. The first-order valence-corrected chi connectivity index (χ1v) is 7.31. The fraction of sp³-hybridized carbons (Fsp3) is 0.250. The summed E-state index contributed by atoms with van der Waals surface area (Å²) in [6, 6.07) is 5.63. The summed E-state index contributed by atoms with van der Waals surface area (Å²) in [5.74, 6) is -0.149. The average Bonchev–Trinajstić information content (AvgIpc) is 2.86. The highest BCUT2D eigenvalue weighted by atomic mass is 35.5. The first kappa shape index (κ1) is 14.2. The minimum absolute atomic E-state index is 0.149. The maximum absolute atomic E-state index is 11.6. The normalized spacial score (nSPS) is 10.7. The second-order valence-electron chi connectivity index (χ2n) is 3.73. The Morgan fingerprint density at radius 2 is 2.26 bits per heavy atom. The van der Waals surface area contributed by atoms with Crippen LogP contribution in [0.5, 0.6) is 0 Å². The quantitative estimate of drug-likeness (QED) is 0.863. The molecule has 2 heterocycles. The van der Waals surface area contributed by atoms with Crippen LogP contribution in [0.2, 0.25) is 0 Å². The van der Waals surface area contributed by atoms with Crippen LogP contribution >= 0.6 is 34.5 Å². The highest BCUT2D eigenvalue weighted by Gasteiger charge is 2.10. The van der Waals surface area contributed by atoms with Crippen molar-refractivity contribution in [3.63, 3.8) is 0 Å². The molecule has 0 aliphatic rings. The van der Waals surface area contributed by atoms with Crippen molar-refractivity contribution in [1.82, 2.24) is 15.3 Å². The largest absolute Gasteiger partial charge is 0.353 e. The number of aromatic nitrogens is 2. The first-order valence-electron chi connectivity index (χ1n) is 5.56. The number of hydrogen-bond acceptors (Lipinski definition) is 4. The number of alkyl halides is 2. The van der Waals surface area contributed by atoms with E-state index in [2.05, 4.69) is 15.3 Å². The molecule has 7 heteroatoms. The Hall–Kier alpha value is -1.17. The van der Waals surface area contributed by atoms with Gasteiger partial charge in [-0.3, -0.25) is 9.78 Å². The Kier molecular flexibility index (Phi) is 5.13. The van der Waals surface area contributed by atoms with Crippen molar-refractivity contribution in [3.05, 3.63) is 35.5 Å². The maximum Gasteiger partial charge on any atom is 0.226 e. The van der Waals surface area contributed by atoms with Gasteiger partial charge in [-0.2, -0.15) is 0 Å². The number of rotatable bonds is 5. The third-order valence-corrected chi connectivity index (χ3v) is 3.45. The maximum atomic E-state index is 11.6. The second-order valence-corrected chi connectivity index (χ2v) is 5.87. The van der Waals surface area contributed by atoms with Crippen molar-refractivity contribution < 1.29 is 4.79 Å². The summed E-state index contributed by atoms with van der Waals surface area (Å²) in [5, 5.41) is 5.28. The van der Waals surface area contributed by atoms with E-state index in [0.29, 0.717) is 5.69 Å². The van der Waals surface area contributed by atoms with Crippen LogP contribution < -0.4 is 5.32 Å². The van der Waals surface area contributed by atoms with Crippen LogP contribution in [0.3, 0.4) is 0 Å². The van der Waals surface area contributed by atoms with Gasteiger partial charge in [-0.15, -0.1) is 34.5 Å². The van der Waals surface area contributed by atoms with Crippen molar-refractivity contribution in [2.24, 2.45) is 0 Å². The van der Waals surface area contributed by atoms with E-state index in [4.69, 9.17) is 23.2 Å². The molecule has 0 atom stereocenters. The summed E-state index contributed by atoms with van der Waals surface area (Å²) >= 11 is 12.5. The van der Waals surface area contributed by atoms with Gasteiger partial charge in [-0.1, -0.05) is 6.07 Å². The van der Waals surface area contributed by atoms with Crippen molar-refractivity contribution in [3.8, 4) is 10.7 Å². The Labute approximate surface area is 124 Å². The van der Waals surface area contributed by atoms with Gasteiger partial charge in [0.2, 0.25) is 5.91 Å². The van der Waals surface area contributed by atoms with E-state index in [0.717, 1.165) is 10.7 Å². The molecule has 0 spiro atoms. The number of hydrogen-bond donors (Lipinski definition) is 1. The molecule has 0 aromatic carbocycles. The van der Waals surface area contributed by atoms with Crippen molar-refractivity contribution in [1.29, 1.82) is 0 Å². The summed E-state index contributed by atoms with van der Waals surface area (Å²) in [6.07, 6.45) is 1.92. The molecule has 2 aromatic heterocycles. The zero-order valence-corrected chi connectivity index (χ0v) is 12.2. The number of nitrogens with zero attached hydrogens (tertiary/aromatic N) is 2. The molecule has 2 rings (SSSR count). The molecule has 1 amide bonds. The Morgan fingerprint density at radius 1 is 1.42 bits per heavy atom. The number of carbonyl (C=O) groups excluding carboxylic acids is 1. The van der Waals surface area contributed by atoms with Crippen LogP contribution in [0.4, 0.5) is 0 Å². The van der Waals surface area contributed by atoms with Gasteiger partial charge in [0.25, 0.3) is 0 Å². The molecule has 0 fully saturated rings. The van der Waals surface area contributed by atoms with Crippen LogP contribution in [-0.2, 0) is 11.2 Å². The second kappa shape index (κ2) is 6.84. The Bertz CT molecular complexity index is 545. The third-order valence-electron chi connectivity index (χ3n) is 2.23. The molecule has 0 saturated carbocycles. The number of amides is 1. The van der Waals surface area contributed by atoms with E-state index in [-0.39, 0.29) is 18.9 Å². The Balaban J connectivity index is 1.96. The minimum Gasteiger partial charge on any atom is -0.353 e. The van der Waals surface area contributed by atoms with E-state index < -0.39 is 4.84 Å². The van der Waals surface area contributed by atoms with Gasteiger partial charge in [0.05, 0.1) is 17.8 Å². The number of nitrogens with one attached hydrogen (secondary N) is 1. The van der Waals surface area contributed by atoms with Gasteiger partial charge in [-0.05, 0) is 12.1 Å². The summed E-state index contributed by atoms with van der Waals surface area (Å²) in [7, 11) is 0. The van der Waals surface area contributed by atoms with E-state index in [1.165, 1.54) is 11.3 Å². The lowest BCUT2D eigenvalue weighted by Gasteiger charge is -2.03. The van der Waals surface area contributed by atoms with E-state index >= 15 is 0 Å². The van der Waals surface area contributed by atoms with E-state index in [1.54, 1.807) is 6.20 Å². The zero-order valence-electron chi connectivity index (χ0n) is 9.85. The lowest BCUT2D eigenvalue weighted by molar-refractivity contribution is -0.120. The summed E-state index contributed by atoms with van der Waals surface area (Å²) < 4.78 is 0. The van der Waals surface area contributed by atoms with Gasteiger partial charge >= 0.3 is 0 Å². The van der Waals surface area contributed by atoms with Gasteiger partial charge < -0.3 is 5.32 Å². The average molecular weight is 316 g/mol. The van der Waals surface area contributed by atoms with Crippen LogP contribution in [-0.4, -0.2) is 27.3 Å². The van der Waals surface area contributed by atoms with E-state index in [1.807, 2.05) is 23.6 Å². The number of halogens is 2. The van der Waals surface area contributed by atoms with Gasteiger partial charge in [0.15, 0.2) is 0 Å². The lowest BCUT2D eigenvalue weighted by Crippen LogP contribution is -2.29. The molecule has 4 nitrogen and oxygen atoms in total. The van der Waals surface area contributed by atoms with Crippen LogP contribution in [0, 0.1) is 0 Å². The standard InChI is InChI=1S/C12H11Cl2N3OS/c13-10(14)6-16-11(18)5-8-7-19-12(17-8)9-3-1-2-4-15-9/h1-4,7,10H,5-6H2,(H,16,18). The van der Waals surface area contributed by atoms with Crippen LogP contribution in [0.1, 0.15) is 5.69 Å². The highest BCUT2D eigenvalue weighted by molar-refractivity contribution is 7.13. The smallest absolute Gasteiger partial charge is 0.226 e. The van der Waals surface area contributed by atoms with E-state index in [9.17, 15) is 4.79 Å². The topological polar surface area (TPSA) is 54.9 Å². The van der Waals surface area contributed by atoms with Crippen LogP contribution in [0.25, 0.3) is 10.7 Å². The summed E-state index contributed by atoms with van der Waals surface area (Å²) in [4.78, 5) is 19.6. The summed E-state index contributed by atoms with van der Waals surface area (Å²) in [5.41, 5.74) is 1.52. The van der Waals surface area contributed by atoms with Crippen molar-refractivity contribution in [2.45, 2.75) is 11.3 Å². The fourth-order valence-electron chi connectivity index (χ4n) is 1.41. The minimum atomic E-state index is -0.594. The number of thiazole rings is 1. The van der Waals surface area contributed by atoms with Gasteiger partial charge in [0, 0.05) is 18.1 Å². The molecule has 0 unspecified atom stereocenters. The Morgan fingerprint density at radius 3 is 2.95 bits per heavy atom. The zero-order chi connectivity index (χ0) is 13.7. The molecule has 0 aliphatic heterocycles. The lowest BCUT2D eigenvalue weighted by atomic mass is 10.3. The van der Waals surface area contributed by atoms with Crippen LogP contribution in [0.15, 0.2) is 29.8 Å². The fourth-order valence-corrected chi connectivity index (χ4v) is 2.36. The number of pyridine rings is 1. The van der Waals surface area contributed by atoms with Gasteiger partial charge in [0.1, 0.15) is 9.84 Å². The molecule has 0 bridgehead atoms. The summed E-state index contributed by atoms with van der Waals surface area (Å²) in [6.45, 7) is 0.235. The molecule has 100 valence electrons. The predicted octanol–water partition coefficient (Wildman–Crippen LogP) is 2.67. The van der Waals surface area contributed by atoms with Gasteiger partial charge in [-0.25, -0.2) is 4.98 Å². The molecule has 1 N–H and O–H groups in total. The molecular formula is C12H11Cl2N3OS. The van der Waals surface area contributed by atoms with Crippen molar-refractivity contribution in [2.75, 3.05) is 6.54 Å². The first-order chi connectivity index (χ1) is 9.15. The molecule has 0 aliphatic carbocycles.